The molecule has 0 saturated carbocycles. The van der Waals surface area contributed by atoms with Gasteiger partial charge in [-0.2, -0.15) is 0 Å². The monoisotopic (exact) mass is 246 g/mol. The van der Waals surface area contributed by atoms with Crippen LogP contribution in [0.3, 0.4) is 0 Å². The minimum absolute atomic E-state index is 0.664. The predicted molar refractivity (Wildman–Crippen MR) is 69.7 cm³/mol. The molecule has 1 aromatic heterocycles. The average molecular weight is 247 g/mol. The molecule has 0 spiro atoms. The van der Waals surface area contributed by atoms with Gasteiger partial charge >= 0.3 is 0 Å². The molecule has 0 radical (unpaired) electrons. The van der Waals surface area contributed by atoms with Crippen LogP contribution in [-0.4, -0.2) is 16.3 Å². The van der Waals surface area contributed by atoms with Crippen LogP contribution in [0.5, 0.6) is 0 Å². The van der Waals surface area contributed by atoms with Gasteiger partial charge in [-0.25, -0.2) is 0 Å². The van der Waals surface area contributed by atoms with Crippen molar-refractivity contribution in [3.05, 3.63) is 52.8 Å². The maximum absolute atomic E-state index is 9.96. The molecular weight excluding hydrogens is 236 g/mol. The highest BCUT2D eigenvalue weighted by atomic mass is 35.5. The van der Waals surface area contributed by atoms with Crippen LogP contribution in [0.15, 0.2) is 36.5 Å². The van der Waals surface area contributed by atoms with Crippen molar-refractivity contribution in [2.75, 3.05) is 5.32 Å². The van der Waals surface area contributed by atoms with Crippen LogP contribution >= 0.6 is 11.6 Å². The topological polar surface area (TPSA) is 48.0 Å². The van der Waals surface area contributed by atoms with E-state index in [1.165, 1.54) is 0 Å². The Hall–Kier alpha value is -1.71. The van der Waals surface area contributed by atoms with Gasteiger partial charge in [0.05, 0.1) is 0 Å². The zero-order chi connectivity index (χ0) is 11.8. The molecule has 3 N–H and O–H groups in total. The van der Waals surface area contributed by atoms with E-state index in [4.69, 9.17) is 11.6 Å². The Balaban J connectivity index is 2.10. The number of aliphatic hydroxyl groups is 1. The minimum atomic E-state index is -0.688. The van der Waals surface area contributed by atoms with E-state index in [2.05, 4.69) is 10.3 Å². The molecule has 0 bridgehead atoms. The van der Waals surface area contributed by atoms with Gasteiger partial charge < -0.3 is 15.4 Å². The van der Waals surface area contributed by atoms with Gasteiger partial charge in [0.15, 0.2) is 6.23 Å². The number of nitrogens with one attached hydrogen (secondary N) is 2. The van der Waals surface area contributed by atoms with Crippen molar-refractivity contribution in [3.63, 3.8) is 0 Å². The van der Waals surface area contributed by atoms with Crippen LogP contribution in [-0.2, 0) is 0 Å². The highest BCUT2D eigenvalue weighted by Gasteiger charge is 2.24. The second kappa shape index (κ2) is 3.95. The second-order valence-electron chi connectivity index (χ2n) is 3.96. The van der Waals surface area contributed by atoms with Gasteiger partial charge in [-0.3, -0.25) is 0 Å². The number of aromatic nitrogens is 1. The number of anilines is 1. The molecule has 1 aliphatic rings. The third kappa shape index (κ3) is 1.84. The fourth-order valence-corrected chi connectivity index (χ4v) is 2.18. The molecule has 0 saturated heterocycles. The van der Waals surface area contributed by atoms with E-state index in [1.54, 1.807) is 6.07 Å². The molecule has 86 valence electrons. The van der Waals surface area contributed by atoms with Gasteiger partial charge in [0.25, 0.3) is 0 Å². The van der Waals surface area contributed by atoms with Gasteiger partial charge in [-0.05, 0) is 36.4 Å². The van der Waals surface area contributed by atoms with Crippen LogP contribution in [0.4, 0.5) is 5.69 Å². The van der Waals surface area contributed by atoms with Crippen LogP contribution in [0.1, 0.15) is 11.3 Å². The number of hydrogen-bond donors (Lipinski definition) is 3. The SMILES string of the molecule is OC1Nc2ccc(Cl)cc2/C1=C/c1ccc[nH]1. The highest BCUT2D eigenvalue weighted by Crippen LogP contribution is 2.36. The highest BCUT2D eigenvalue weighted by molar-refractivity contribution is 6.31. The largest absolute Gasteiger partial charge is 0.369 e. The van der Waals surface area contributed by atoms with Crippen molar-refractivity contribution in [2.24, 2.45) is 0 Å². The normalized spacial score (nSPS) is 20.4. The second-order valence-corrected chi connectivity index (χ2v) is 4.40. The Labute approximate surface area is 104 Å². The minimum Gasteiger partial charge on any atom is -0.369 e. The Morgan fingerprint density at radius 1 is 1.29 bits per heavy atom. The molecular formula is C13H11ClN2O. The molecule has 2 heterocycles. The molecule has 3 nitrogen and oxygen atoms in total. The van der Waals surface area contributed by atoms with E-state index in [0.29, 0.717) is 5.02 Å². The first kappa shape index (κ1) is 10.4. The summed E-state index contributed by atoms with van der Waals surface area (Å²) in [5, 5.41) is 13.6. The summed E-state index contributed by atoms with van der Waals surface area (Å²) in [6.07, 6.45) is 3.08. The predicted octanol–water partition coefficient (Wildman–Crippen LogP) is 2.95. The molecule has 0 amide bonds. The van der Waals surface area contributed by atoms with E-state index in [-0.39, 0.29) is 0 Å². The lowest BCUT2D eigenvalue weighted by molar-refractivity contribution is 0.266. The number of H-pyrrole nitrogens is 1. The van der Waals surface area contributed by atoms with E-state index >= 15 is 0 Å². The van der Waals surface area contributed by atoms with Crippen LogP contribution < -0.4 is 5.32 Å². The van der Waals surface area contributed by atoms with Crippen molar-refractivity contribution < 1.29 is 5.11 Å². The first-order chi connectivity index (χ1) is 8.24. The summed E-state index contributed by atoms with van der Waals surface area (Å²) >= 11 is 5.97. The Kier molecular flexibility index (Phi) is 2.42. The summed E-state index contributed by atoms with van der Waals surface area (Å²) in [5.74, 6) is 0. The number of halogens is 1. The Bertz CT molecular complexity index is 575. The maximum Gasteiger partial charge on any atom is 0.151 e. The van der Waals surface area contributed by atoms with Crippen LogP contribution in [0.2, 0.25) is 5.02 Å². The molecule has 1 atom stereocenters. The molecule has 1 aliphatic heterocycles. The maximum atomic E-state index is 9.96. The lowest BCUT2D eigenvalue weighted by Gasteiger charge is -2.04. The van der Waals surface area contributed by atoms with Crippen molar-refractivity contribution in [3.8, 4) is 0 Å². The average Bonchev–Trinajstić information content (AvgIpc) is 2.90. The standard InChI is InChI=1S/C13H11ClN2O/c14-8-3-4-12-10(6-8)11(13(17)16-12)7-9-2-1-5-15-9/h1-7,13,15-17H/b11-7-. The number of rotatable bonds is 1. The lowest BCUT2D eigenvalue weighted by Crippen LogP contribution is -2.12. The van der Waals surface area contributed by atoms with Gasteiger partial charge in [0.1, 0.15) is 0 Å². The van der Waals surface area contributed by atoms with E-state index < -0.39 is 6.23 Å². The van der Waals surface area contributed by atoms with E-state index in [9.17, 15) is 5.11 Å². The molecule has 1 unspecified atom stereocenters. The molecule has 1 aromatic carbocycles. The van der Waals surface area contributed by atoms with E-state index in [0.717, 1.165) is 22.5 Å². The number of fused-ring (bicyclic) bond motifs is 1. The van der Waals surface area contributed by atoms with Crippen molar-refractivity contribution in [1.29, 1.82) is 0 Å². The number of hydrogen-bond acceptors (Lipinski definition) is 2. The number of aromatic amines is 1. The summed E-state index contributed by atoms with van der Waals surface area (Å²) in [7, 11) is 0. The van der Waals surface area contributed by atoms with Gasteiger partial charge in [0, 0.05) is 33.7 Å². The molecule has 4 heteroatoms. The first-order valence-electron chi connectivity index (χ1n) is 5.33. The quantitative estimate of drug-likeness (QED) is 0.725. The molecule has 2 aromatic rings. The summed E-state index contributed by atoms with van der Waals surface area (Å²) in [5.41, 5.74) is 3.62. The third-order valence-corrected chi connectivity index (χ3v) is 3.05. The lowest BCUT2D eigenvalue weighted by atomic mass is 10.1. The zero-order valence-corrected chi connectivity index (χ0v) is 9.70. The summed E-state index contributed by atoms with van der Waals surface area (Å²) in [4.78, 5) is 3.08. The number of benzene rings is 1. The zero-order valence-electron chi connectivity index (χ0n) is 8.94. The number of aliphatic hydroxyl groups excluding tert-OH is 1. The van der Waals surface area contributed by atoms with Crippen LogP contribution in [0, 0.1) is 0 Å². The third-order valence-electron chi connectivity index (χ3n) is 2.81. The van der Waals surface area contributed by atoms with Crippen LogP contribution in [0.25, 0.3) is 11.6 Å². The molecule has 0 fully saturated rings. The summed E-state index contributed by atoms with van der Waals surface area (Å²) in [6, 6.07) is 9.39. The first-order valence-corrected chi connectivity index (χ1v) is 5.71. The smallest absolute Gasteiger partial charge is 0.151 e. The fourth-order valence-electron chi connectivity index (χ4n) is 2.01. The van der Waals surface area contributed by atoms with E-state index in [1.807, 2.05) is 36.5 Å². The van der Waals surface area contributed by atoms with Gasteiger partial charge in [0.2, 0.25) is 0 Å². The fraction of sp³-hybridized carbons (Fsp3) is 0.0769. The van der Waals surface area contributed by atoms with Crippen molar-refractivity contribution in [1.82, 2.24) is 4.98 Å². The Morgan fingerprint density at radius 3 is 2.94 bits per heavy atom. The molecule has 3 rings (SSSR count). The summed E-state index contributed by atoms with van der Waals surface area (Å²) < 4.78 is 0. The molecule has 0 aliphatic carbocycles. The van der Waals surface area contributed by atoms with Gasteiger partial charge in [-0.1, -0.05) is 11.6 Å². The van der Waals surface area contributed by atoms with Crippen molar-refractivity contribution in [2.45, 2.75) is 6.23 Å². The van der Waals surface area contributed by atoms with Gasteiger partial charge in [-0.15, -0.1) is 0 Å². The summed E-state index contributed by atoms with van der Waals surface area (Å²) in [6.45, 7) is 0. The Morgan fingerprint density at radius 2 is 2.18 bits per heavy atom. The van der Waals surface area contributed by atoms with Crippen molar-refractivity contribution >= 4 is 28.9 Å². The molecule has 17 heavy (non-hydrogen) atoms.